The Kier molecular flexibility index (Phi) is 7.23. The van der Waals surface area contributed by atoms with Crippen LogP contribution in [0.1, 0.15) is 54.9 Å². The number of benzene rings is 3. The molecule has 0 fully saturated rings. The average molecular weight is 443 g/mol. The van der Waals surface area contributed by atoms with E-state index >= 15 is 0 Å². The van der Waals surface area contributed by atoms with Gasteiger partial charge in [-0.05, 0) is 60.6 Å². The Balaban J connectivity index is 1.53. The van der Waals surface area contributed by atoms with E-state index in [1.54, 1.807) is 12.1 Å². The molecule has 0 aliphatic rings. The molecule has 170 valence electrons. The topological polar surface area (TPSA) is 44.9 Å². The summed E-state index contributed by atoms with van der Waals surface area (Å²) in [4.78, 5) is 16.5. The largest absolute Gasteiger partial charge is 0.361 e. The lowest BCUT2D eigenvalue weighted by atomic mass is 9.87. The summed E-state index contributed by atoms with van der Waals surface area (Å²) in [6.07, 6.45) is 5.04. The molecule has 4 aromatic rings. The molecule has 2 N–H and O–H groups in total. The van der Waals surface area contributed by atoms with E-state index < -0.39 is 0 Å². The lowest BCUT2D eigenvalue weighted by Crippen LogP contribution is -2.33. The maximum absolute atomic E-state index is 13.6. The van der Waals surface area contributed by atoms with Gasteiger partial charge in [0.15, 0.2) is 0 Å². The van der Waals surface area contributed by atoms with E-state index in [4.69, 9.17) is 0 Å². The van der Waals surface area contributed by atoms with Gasteiger partial charge in [0.1, 0.15) is 5.82 Å². The lowest BCUT2D eigenvalue weighted by Gasteiger charge is -2.20. The molecular weight excluding hydrogens is 411 g/mol. The molecule has 0 spiro atoms. The molecule has 1 amide bonds. The zero-order valence-corrected chi connectivity index (χ0v) is 19.3. The molecule has 1 heterocycles. The Hall–Kier alpha value is -3.40. The molecule has 4 rings (SSSR count). The molecule has 0 aliphatic heterocycles. The number of amides is 1. The minimum atomic E-state index is -0.274. The van der Waals surface area contributed by atoms with Crippen LogP contribution in [0.4, 0.5) is 4.39 Å². The van der Waals surface area contributed by atoms with Crippen LogP contribution in [0.5, 0.6) is 0 Å². The van der Waals surface area contributed by atoms with Crippen LogP contribution in [0.25, 0.3) is 10.9 Å². The summed E-state index contributed by atoms with van der Waals surface area (Å²) >= 11 is 0. The van der Waals surface area contributed by atoms with Crippen LogP contribution < -0.4 is 5.32 Å². The Morgan fingerprint density at radius 1 is 1.00 bits per heavy atom. The number of hydrogen-bond donors (Lipinski definition) is 2. The van der Waals surface area contributed by atoms with Gasteiger partial charge in [0.25, 0.3) is 0 Å². The summed E-state index contributed by atoms with van der Waals surface area (Å²) in [6, 6.07) is 23.2. The first kappa shape index (κ1) is 22.8. The van der Waals surface area contributed by atoms with Crippen molar-refractivity contribution in [1.29, 1.82) is 0 Å². The van der Waals surface area contributed by atoms with E-state index in [0.717, 1.165) is 41.3 Å². The molecule has 33 heavy (non-hydrogen) atoms. The van der Waals surface area contributed by atoms with E-state index in [2.05, 4.69) is 47.6 Å². The van der Waals surface area contributed by atoms with Gasteiger partial charge < -0.3 is 10.3 Å². The molecule has 3 nitrogen and oxygen atoms in total. The van der Waals surface area contributed by atoms with Crippen LogP contribution in [0.2, 0.25) is 0 Å². The van der Waals surface area contributed by atoms with E-state index in [0.29, 0.717) is 6.42 Å². The van der Waals surface area contributed by atoms with Gasteiger partial charge in [0.2, 0.25) is 5.91 Å². The van der Waals surface area contributed by atoms with Crippen molar-refractivity contribution in [2.24, 2.45) is 0 Å². The van der Waals surface area contributed by atoms with Crippen molar-refractivity contribution in [2.75, 3.05) is 0 Å². The summed E-state index contributed by atoms with van der Waals surface area (Å²) in [6.45, 7) is 4.18. The van der Waals surface area contributed by atoms with Crippen LogP contribution >= 0.6 is 0 Å². The number of nitrogens with one attached hydrogen (secondary N) is 2. The average Bonchev–Trinajstić information content (AvgIpc) is 3.26. The number of fused-ring (bicyclic) bond motifs is 1. The Morgan fingerprint density at radius 3 is 2.48 bits per heavy atom. The standard InChI is InChI=1S/C29H31FN2O/c1-3-22-10-7-11-25-27(19-31-29(22)25)26(23-14-16-24(30)17-15-23)18-28(33)32-20(2)12-13-21-8-5-4-6-9-21/h4-11,14-17,19-20,26,31H,3,12-13,18H2,1-2H3,(H,32,33)/t20-,26-/m0/s1. The SMILES string of the molecule is CCc1cccc2c([C@@H](CC(=O)N[C@@H](C)CCc3ccccc3)c3ccc(F)cc3)c[nH]c12. The van der Waals surface area contributed by atoms with Crippen molar-refractivity contribution in [3.05, 3.63) is 107 Å². The number of aromatic nitrogens is 1. The van der Waals surface area contributed by atoms with Gasteiger partial charge in [-0.25, -0.2) is 4.39 Å². The Labute approximate surface area is 195 Å². The van der Waals surface area contributed by atoms with Crippen LogP contribution in [0.3, 0.4) is 0 Å². The second-order valence-electron chi connectivity index (χ2n) is 8.74. The van der Waals surface area contributed by atoms with Gasteiger partial charge in [-0.15, -0.1) is 0 Å². The van der Waals surface area contributed by atoms with E-state index in [1.165, 1.54) is 23.3 Å². The van der Waals surface area contributed by atoms with Crippen molar-refractivity contribution in [1.82, 2.24) is 10.3 Å². The van der Waals surface area contributed by atoms with Crippen molar-refractivity contribution in [2.45, 2.75) is 51.5 Å². The first-order valence-electron chi connectivity index (χ1n) is 11.7. The zero-order chi connectivity index (χ0) is 23.2. The first-order valence-corrected chi connectivity index (χ1v) is 11.7. The normalized spacial score (nSPS) is 13.1. The number of carbonyl (C=O) groups is 1. The maximum atomic E-state index is 13.6. The van der Waals surface area contributed by atoms with Gasteiger partial charge in [0, 0.05) is 35.5 Å². The smallest absolute Gasteiger partial charge is 0.221 e. The summed E-state index contributed by atoms with van der Waals surface area (Å²) < 4.78 is 13.6. The van der Waals surface area contributed by atoms with Crippen molar-refractivity contribution in [3.8, 4) is 0 Å². The van der Waals surface area contributed by atoms with Crippen molar-refractivity contribution >= 4 is 16.8 Å². The third kappa shape index (κ3) is 5.51. The molecular formula is C29H31FN2O. The summed E-state index contributed by atoms with van der Waals surface area (Å²) in [5.41, 5.74) is 5.63. The van der Waals surface area contributed by atoms with E-state index in [-0.39, 0.29) is 23.7 Å². The number of carbonyl (C=O) groups excluding carboxylic acids is 1. The fourth-order valence-electron chi connectivity index (χ4n) is 4.54. The second kappa shape index (κ2) is 10.5. The minimum absolute atomic E-state index is 0.00545. The number of para-hydroxylation sites is 1. The summed E-state index contributed by atoms with van der Waals surface area (Å²) in [7, 11) is 0. The fourth-order valence-corrected chi connectivity index (χ4v) is 4.54. The highest BCUT2D eigenvalue weighted by Crippen LogP contribution is 2.34. The number of halogens is 1. The fraction of sp³-hybridized carbons (Fsp3) is 0.276. The van der Waals surface area contributed by atoms with Gasteiger partial charge in [-0.2, -0.15) is 0 Å². The highest BCUT2D eigenvalue weighted by atomic mass is 19.1. The molecule has 3 aromatic carbocycles. The zero-order valence-electron chi connectivity index (χ0n) is 19.3. The maximum Gasteiger partial charge on any atom is 0.221 e. The molecule has 0 saturated carbocycles. The van der Waals surface area contributed by atoms with Crippen LogP contribution in [0, 0.1) is 5.82 Å². The van der Waals surface area contributed by atoms with E-state index in [9.17, 15) is 9.18 Å². The van der Waals surface area contributed by atoms with Crippen LogP contribution in [-0.4, -0.2) is 16.9 Å². The predicted octanol–water partition coefficient (Wildman–Crippen LogP) is 6.53. The molecule has 0 radical (unpaired) electrons. The van der Waals surface area contributed by atoms with Crippen LogP contribution in [0.15, 0.2) is 79.0 Å². The lowest BCUT2D eigenvalue weighted by molar-refractivity contribution is -0.121. The molecule has 4 heteroatoms. The number of aromatic amines is 1. The molecule has 0 saturated heterocycles. The van der Waals surface area contributed by atoms with Gasteiger partial charge in [0.05, 0.1) is 0 Å². The molecule has 1 aromatic heterocycles. The van der Waals surface area contributed by atoms with Gasteiger partial charge >= 0.3 is 0 Å². The molecule has 2 atom stereocenters. The number of H-pyrrole nitrogens is 1. The monoisotopic (exact) mass is 442 g/mol. The van der Waals surface area contributed by atoms with Gasteiger partial charge in [-0.3, -0.25) is 4.79 Å². The van der Waals surface area contributed by atoms with Crippen molar-refractivity contribution in [3.63, 3.8) is 0 Å². The quantitative estimate of drug-likeness (QED) is 0.304. The minimum Gasteiger partial charge on any atom is -0.361 e. The van der Waals surface area contributed by atoms with Crippen molar-refractivity contribution < 1.29 is 9.18 Å². The second-order valence-corrected chi connectivity index (χ2v) is 8.74. The summed E-state index contributed by atoms with van der Waals surface area (Å²) in [5.74, 6) is -0.428. The molecule has 0 unspecified atom stereocenters. The number of aryl methyl sites for hydroxylation is 2. The number of rotatable bonds is 9. The third-order valence-electron chi connectivity index (χ3n) is 6.37. The highest BCUT2D eigenvalue weighted by Gasteiger charge is 2.23. The third-order valence-corrected chi connectivity index (χ3v) is 6.37. The van der Waals surface area contributed by atoms with Gasteiger partial charge in [-0.1, -0.05) is 67.6 Å². The Bertz CT molecular complexity index is 1200. The van der Waals surface area contributed by atoms with Crippen LogP contribution in [-0.2, 0) is 17.6 Å². The number of hydrogen-bond acceptors (Lipinski definition) is 1. The molecule has 0 bridgehead atoms. The highest BCUT2D eigenvalue weighted by molar-refractivity contribution is 5.88. The Morgan fingerprint density at radius 2 is 1.76 bits per heavy atom. The summed E-state index contributed by atoms with van der Waals surface area (Å²) in [5, 5.41) is 4.29. The predicted molar refractivity (Wildman–Crippen MR) is 133 cm³/mol. The molecule has 0 aliphatic carbocycles. The first-order chi connectivity index (χ1) is 16.0. The van der Waals surface area contributed by atoms with E-state index in [1.807, 2.05) is 31.3 Å².